The number of hydrogen-bond acceptors (Lipinski definition) is 4. The number of nitriles is 1. The lowest BCUT2D eigenvalue weighted by atomic mass is 10.0. The normalized spacial score (nSPS) is 13.8. The lowest BCUT2D eigenvalue weighted by Gasteiger charge is -2.23. The molecule has 0 bridgehead atoms. The maximum absolute atomic E-state index is 13.8. The highest BCUT2D eigenvalue weighted by Gasteiger charge is 2.19. The second-order valence-corrected chi connectivity index (χ2v) is 4.73. The fraction of sp³-hybridized carbons (Fsp3) is 0.500. The summed E-state index contributed by atoms with van der Waals surface area (Å²) in [7, 11) is 1.58. The van der Waals surface area contributed by atoms with Crippen LogP contribution in [0.4, 0.5) is 4.39 Å². The highest BCUT2D eigenvalue weighted by molar-refractivity contribution is 5.34. The molecule has 2 N–H and O–H groups in total. The van der Waals surface area contributed by atoms with Gasteiger partial charge in [-0.1, -0.05) is 12.1 Å². The molecule has 0 spiro atoms. The maximum Gasteiger partial charge on any atom is 0.145 e. The van der Waals surface area contributed by atoms with Crippen LogP contribution in [-0.4, -0.2) is 31.0 Å². The van der Waals surface area contributed by atoms with Crippen LogP contribution in [0.25, 0.3) is 0 Å². The van der Waals surface area contributed by atoms with E-state index in [4.69, 9.17) is 10.00 Å². The van der Waals surface area contributed by atoms with Gasteiger partial charge in [-0.25, -0.2) is 4.39 Å². The van der Waals surface area contributed by atoms with Crippen LogP contribution in [0.1, 0.15) is 24.5 Å². The minimum absolute atomic E-state index is 0.0328. The van der Waals surface area contributed by atoms with E-state index in [2.05, 4.69) is 5.32 Å². The predicted molar refractivity (Wildman–Crippen MR) is 69.9 cm³/mol. The second kappa shape index (κ2) is 7.19. The standard InChI is InChI=1S/C14H19FN2O2/c1-14(18,6-7-19-2)10-17-9-12-5-3-4-11(8-16)13(12)15/h3-5,17-18H,6-7,9-10H2,1-2H3. The van der Waals surface area contributed by atoms with Gasteiger partial charge in [0.1, 0.15) is 11.9 Å². The van der Waals surface area contributed by atoms with Crippen molar-refractivity contribution < 1.29 is 14.2 Å². The zero-order chi connectivity index (χ0) is 14.3. The Kier molecular flexibility index (Phi) is 5.90. The van der Waals surface area contributed by atoms with Crippen molar-refractivity contribution in [2.24, 2.45) is 0 Å². The van der Waals surface area contributed by atoms with E-state index in [9.17, 15) is 9.50 Å². The summed E-state index contributed by atoms with van der Waals surface area (Å²) >= 11 is 0. The van der Waals surface area contributed by atoms with Crippen molar-refractivity contribution in [2.75, 3.05) is 20.3 Å². The molecule has 0 saturated heterocycles. The third kappa shape index (κ3) is 4.95. The van der Waals surface area contributed by atoms with Crippen LogP contribution in [-0.2, 0) is 11.3 Å². The molecule has 1 atom stereocenters. The van der Waals surface area contributed by atoms with E-state index < -0.39 is 11.4 Å². The molecule has 0 aliphatic carbocycles. The van der Waals surface area contributed by atoms with Gasteiger partial charge in [0.2, 0.25) is 0 Å². The fourth-order valence-corrected chi connectivity index (χ4v) is 1.68. The van der Waals surface area contributed by atoms with Crippen LogP contribution in [0.2, 0.25) is 0 Å². The monoisotopic (exact) mass is 266 g/mol. The van der Waals surface area contributed by atoms with Crippen molar-refractivity contribution in [3.63, 3.8) is 0 Å². The van der Waals surface area contributed by atoms with Gasteiger partial charge in [-0.15, -0.1) is 0 Å². The van der Waals surface area contributed by atoms with Crippen LogP contribution < -0.4 is 5.32 Å². The van der Waals surface area contributed by atoms with Gasteiger partial charge < -0.3 is 15.2 Å². The molecule has 1 aromatic rings. The van der Waals surface area contributed by atoms with Gasteiger partial charge in [0.15, 0.2) is 0 Å². The van der Waals surface area contributed by atoms with E-state index >= 15 is 0 Å². The van der Waals surface area contributed by atoms with E-state index in [0.29, 0.717) is 25.1 Å². The van der Waals surface area contributed by atoms with Crippen LogP contribution in [0.3, 0.4) is 0 Å². The van der Waals surface area contributed by atoms with Gasteiger partial charge in [0, 0.05) is 38.8 Å². The molecule has 1 aromatic carbocycles. The van der Waals surface area contributed by atoms with Gasteiger partial charge in [0.05, 0.1) is 11.2 Å². The molecule has 104 valence electrons. The molecule has 0 fully saturated rings. The third-order valence-corrected chi connectivity index (χ3v) is 2.87. The van der Waals surface area contributed by atoms with Crippen molar-refractivity contribution >= 4 is 0 Å². The smallest absolute Gasteiger partial charge is 0.145 e. The minimum Gasteiger partial charge on any atom is -0.389 e. The Morgan fingerprint density at radius 3 is 2.89 bits per heavy atom. The number of hydrogen-bond donors (Lipinski definition) is 2. The summed E-state index contributed by atoms with van der Waals surface area (Å²) < 4.78 is 18.7. The zero-order valence-corrected chi connectivity index (χ0v) is 11.2. The van der Waals surface area contributed by atoms with E-state index in [1.165, 1.54) is 6.07 Å². The number of benzene rings is 1. The van der Waals surface area contributed by atoms with Crippen LogP contribution in [0.15, 0.2) is 18.2 Å². The van der Waals surface area contributed by atoms with Gasteiger partial charge >= 0.3 is 0 Å². The predicted octanol–water partition coefficient (Wildman–Crippen LogP) is 1.57. The van der Waals surface area contributed by atoms with Crippen LogP contribution >= 0.6 is 0 Å². The average Bonchev–Trinajstić information content (AvgIpc) is 2.38. The summed E-state index contributed by atoms with van der Waals surface area (Å²) in [6.45, 7) is 2.76. The van der Waals surface area contributed by atoms with Crippen molar-refractivity contribution in [3.05, 3.63) is 35.1 Å². The van der Waals surface area contributed by atoms with Crippen molar-refractivity contribution in [3.8, 4) is 6.07 Å². The number of nitrogens with one attached hydrogen (secondary N) is 1. The summed E-state index contributed by atoms with van der Waals surface area (Å²) in [5.74, 6) is -0.506. The number of rotatable bonds is 7. The first-order chi connectivity index (χ1) is 9.00. The molecule has 0 heterocycles. The molecule has 0 radical (unpaired) electrons. The summed E-state index contributed by atoms with van der Waals surface area (Å²) in [4.78, 5) is 0. The molecule has 0 aromatic heterocycles. The van der Waals surface area contributed by atoms with E-state index in [-0.39, 0.29) is 12.1 Å². The first-order valence-corrected chi connectivity index (χ1v) is 6.09. The lowest BCUT2D eigenvalue weighted by Crippen LogP contribution is -2.38. The van der Waals surface area contributed by atoms with Gasteiger partial charge in [-0.05, 0) is 13.0 Å². The molecular formula is C14H19FN2O2. The Hall–Kier alpha value is -1.48. The van der Waals surface area contributed by atoms with Crippen LogP contribution in [0.5, 0.6) is 0 Å². The number of nitrogens with zero attached hydrogens (tertiary/aromatic N) is 1. The quantitative estimate of drug-likeness (QED) is 0.786. The SMILES string of the molecule is COCCC(C)(O)CNCc1cccc(C#N)c1F. The molecule has 4 nitrogen and oxygen atoms in total. The van der Waals surface area contributed by atoms with Gasteiger partial charge in [-0.3, -0.25) is 0 Å². The van der Waals surface area contributed by atoms with Gasteiger partial charge in [-0.2, -0.15) is 5.26 Å². The van der Waals surface area contributed by atoms with E-state index in [1.807, 2.05) is 0 Å². The van der Waals surface area contributed by atoms with Gasteiger partial charge in [0.25, 0.3) is 0 Å². The number of ether oxygens (including phenoxy) is 1. The Morgan fingerprint density at radius 1 is 1.53 bits per heavy atom. The van der Waals surface area contributed by atoms with E-state index in [0.717, 1.165) is 0 Å². The lowest BCUT2D eigenvalue weighted by molar-refractivity contribution is 0.0247. The van der Waals surface area contributed by atoms with Crippen molar-refractivity contribution in [2.45, 2.75) is 25.5 Å². The molecule has 0 aliphatic rings. The third-order valence-electron chi connectivity index (χ3n) is 2.87. The summed E-state index contributed by atoms with van der Waals surface area (Å²) in [5.41, 5.74) is -0.452. The minimum atomic E-state index is -0.903. The molecule has 0 aliphatic heterocycles. The number of methoxy groups -OCH3 is 1. The highest BCUT2D eigenvalue weighted by atomic mass is 19.1. The zero-order valence-electron chi connectivity index (χ0n) is 11.2. The molecular weight excluding hydrogens is 247 g/mol. The Bertz CT molecular complexity index is 455. The molecule has 0 saturated carbocycles. The maximum atomic E-state index is 13.8. The average molecular weight is 266 g/mol. The fourth-order valence-electron chi connectivity index (χ4n) is 1.68. The Balaban J connectivity index is 2.52. The highest BCUT2D eigenvalue weighted by Crippen LogP contribution is 2.13. The molecule has 1 rings (SSSR count). The summed E-state index contributed by atoms with van der Waals surface area (Å²) in [6.07, 6.45) is 0.497. The largest absolute Gasteiger partial charge is 0.389 e. The molecule has 0 amide bonds. The Morgan fingerprint density at radius 2 is 2.26 bits per heavy atom. The molecule has 19 heavy (non-hydrogen) atoms. The first-order valence-electron chi connectivity index (χ1n) is 6.09. The van der Waals surface area contributed by atoms with Crippen molar-refractivity contribution in [1.29, 1.82) is 5.26 Å². The topological polar surface area (TPSA) is 65.3 Å². The summed E-state index contributed by atoms with van der Waals surface area (Å²) in [6, 6.07) is 6.50. The molecule has 1 unspecified atom stereocenters. The number of aliphatic hydroxyl groups is 1. The van der Waals surface area contributed by atoms with Crippen LogP contribution in [0, 0.1) is 17.1 Å². The number of halogens is 1. The molecule has 5 heteroatoms. The first kappa shape index (κ1) is 15.6. The second-order valence-electron chi connectivity index (χ2n) is 4.73. The Labute approximate surface area is 112 Å². The van der Waals surface area contributed by atoms with E-state index in [1.54, 1.807) is 32.2 Å². The van der Waals surface area contributed by atoms with Crippen molar-refractivity contribution in [1.82, 2.24) is 5.32 Å². The summed E-state index contributed by atoms with van der Waals surface area (Å²) in [5, 5.41) is 21.7.